The third kappa shape index (κ3) is 5.76. The van der Waals surface area contributed by atoms with Crippen molar-refractivity contribution in [3.8, 4) is 28.4 Å². The maximum Gasteiger partial charge on any atom is 0.230 e. The number of carbonyl (C=O) groups excluding carboxylic acids is 1. The van der Waals surface area contributed by atoms with E-state index in [0.717, 1.165) is 27.6 Å². The van der Waals surface area contributed by atoms with Gasteiger partial charge in [-0.2, -0.15) is 0 Å². The molecule has 0 saturated carbocycles. The molecule has 3 rings (SSSR count). The highest BCUT2D eigenvalue weighted by Gasteiger charge is 2.16. The van der Waals surface area contributed by atoms with Crippen LogP contribution in [0.4, 0.5) is 0 Å². The van der Waals surface area contributed by atoms with Crippen LogP contribution < -0.4 is 10.1 Å². The van der Waals surface area contributed by atoms with Crippen molar-refractivity contribution in [1.29, 1.82) is 0 Å². The first-order chi connectivity index (χ1) is 14.1. The average molecular weight is 432 g/mol. The fraction of sp³-hybridized carbons (Fsp3) is 0.238. The fourth-order valence-electron chi connectivity index (χ4n) is 2.66. The largest absolute Gasteiger partial charge is 0.497 e. The molecule has 2 aromatic carbocycles. The van der Waals surface area contributed by atoms with Crippen LogP contribution in [0, 0.1) is 0 Å². The van der Waals surface area contributed by atoms with Crippen molar-refractivity contribution in [2.24, 2.45) is 0 Å². The van der Waals surface area contributed by atoms with Crippen molar-refractivity contribution in [3.05, 3.63) is 53.6 Å². The van der Waals surface area contributed by atoms with Gasteiger partial charge < -0.3 is 19.8 Å². The molecule has 0 aliphatic heterocycles. The van der Waals surface area contributed by atoms with Gasteiger partial charge in [0.25, 0.3) is 0 Å². The van der Waals surface area contributed by atoms with Crippen molar-refractivity contribution in [2.45, 2.75) is 5.03 Å². The maximum absolute atomic E-state index is 12.1. The number of nitrogens with zero attached hydrogens (tertiary/aromatic N) is 1. The molecule has 0 fully saturated rings. The van der Waals surface area contributed by atoms with Crippen molar-refractivity contribution >= 4 is 29.3 Å². The minimum absolute atomic E-state index is 0.0694. The SMILES string of the molecule is COCCNC(=O)CSc1nc(-c2cccc(OC)c2)[nH]c1-c1ccc(Cl)cc1. The van der Waals surface area contributed by atoms with Gasteiger partial charge in [-0.25, -0.2) is 4.98 Å². The standard InChI is InChI=1S/C21H22ClN3O3S/c1-27-11-10-23-18(26)13-29-21-19(14-6-8-16(22)9-7-14)24-20(25-21)15-4-3-5-17(12-15)28-2/h3-9,12H,10-11,13H2,1-2H3,(H,23,26)(H,24,25). The van der Waals surface area contributed by atoms with E-state index < -0.39 is 0 Å². The number of ether oxygens (including phenoxy) is 2. The topological polar surface area (TPSA) is 76.2 Å². The third-order valence-electron chi connectivity index (χ3n) is 4.12. The Bertz CT molecular complexity index is 960. The lowest BCUT2D eigenvalue weighted by atomic mass is 10.2. The smallest absolute Gasteiger partial charge is 0.230 e. The van der Waals surface area contributed by atoms with Gasteiger partial charge in [0.05, 0.1) is 25.2 Å². The van der Waals surface area contributed by atoms with Gasteiger partial charge in [0.2, 0.25) is 5.91 Å². The number of methoxy groups -OCH3 is 2. The molecule has 0 radical (unpaired) electrons. The number of hydrogen-bond acceptors (Lipinski definition) is 5. The molecule has 6 nitrogen and oxygen atoms in total. The van der Waals surface area contributed by atoms with E-state index in [2.05, 4.69) is 10.3 Å². The molecule has 0 aliphatic carbocycles. The number of aromatic amines is 1. The Balaban J connectivity index is 1.87. The second-order valence-corrected chi connectivity index (χ2v) is 7.54. The second-order valence-electron chi connectivity index (χ2n) is 6.14. The first-order valence-electron chi connectivity index (χ1n) is 8.99. The molecule has 1 amide bonds. The second kappa shape index (κ2) is 10.3. The van der Waals surface area contributed by atoms with Crippen LogP contribution in [0.15, 0.2) is 53.6 Å². The summed E-state index contributed by atoms with van der Waals surface area (Å²) in [6.45, 7) is 0.963. The summed E-state index contributed by atoms with van der Waals surface area (Å²) in [6.07, 6.45) is 0. The van der Waals surface area contributed by atoms with Gasteiger partial charge in [0.1, 0.15) is 16.6 Å². The van der Waals surface area contributed by atoms with Crippen molar-refractivity contribution in [1.82, 2.24) is 15.3 Å². The minimum Gasteiger partial charge on any atom is -0.497 e. The Kier molecular flexibility index (Phi) is 7.57. The lowest BCUT2D eigenvalue weighted by Gasteiger charge is -2.05. The lowest BCUT2D eigenvalue weighted by molar-refractivity contribution is -0.118. The van der Waals surface area contributed by atoms with Crippen LogP contribution in [0.1, 0.15) is 0 Å². The van der Waals surface area contributed by atoms with Crippen LogP contribution in [-0.4, -0.2) is 49.0 Å². The molecule has 1 aromatic heterocycles. The summed E-state index contributed by atoms with van der Waals surface area (Å²) >= 11 is 7.41. The number of benzene rings is 2. The predicted molar refractivity (Wildman–Crippen MR) is 117 cm³/mol. The van der Waals surface area contributed by atoms with Gasteiger partial charge in [0, 0.05) is 29.8 Å². The average Bonchev–Trinajstić information content (AvgIpc) is 3.17. The van der Waals surface area contributed by atoms with Crippen LogP contribution >= 0.6 is 23.4 Å². The first kappa shape index (κ1) is 21.2. The third-order valence-corrected chi connectivity index (χ3v) is 5.34. The van der Waals surface area contributed by atoms with Gasteiger partial charge in [-0.1, -0.05) is 47.6 Å². The first-order valence-corrected chi connectivity index (χ1v) is 10.4. The molecule has 3 aromatic rings. The summed E-state index contributed by atoms with van der Waals surface area (Å²) in [6, 6.07) is 15.2. The van der Waals surface area contributed by atoms with Crippen LogP contribution in [0.2, 0.25) is 5.02 Å². The maximum atomic E-state index is 12.1. The van der Waals surface area contributed by atoms with Gasteiger partial charge in [-0.05, 0) is 24.3 Å². The summed E-state index contributed by atoms with van der Waals surface area (Å²) in [7, 11) is 3.23. The number of imidazole rings is 1. The number of aromatic nitrogens is 2. The minimum atomic E-state index is -0.0694. The van der Waals surface area contributed by atoms with E-state index in [1.807, 2.05) is 48.5 Å². The molecule has 0 saturated heterocycles. The Labute approximate surface area is 179 Å². The molecule has 0 atom stereocenters. The normalized spacial score (nSPS) is 10.7. The fourth-order valence-corrected chi connectivity index (χ4v) is 3.62. The van der Waals surface area contributed by atoms with Gasteiger partial charge in [-0.15, -0.1) is 0 Å². The number of rotatable bonds is 9. The molecule has 0 unspecified atom stereocenters. The molecular weight excluding hydrogens is 410 g/mol. The van der Waals surface area contributed by atoms with Gasteiger partial charge in [0.15, 0.2) is 0 Å². The molecule has 2 N–H and O–H groups in total. The van der Waals surface area contributed by atoms with Crippen molar-refractivity contribution < 1.29 is 14.3 Å². The molecule has 8 heteroatoms. The summed E-state index contributed by atoms with van der Waals surface area (Å²) in [5.41, 5.74) is 2.68. The lowest BCUT2D eigenvalue weighted by Crippen LogP contribution is -2.28. The predicted octanol–water partition coefficient (Wildman–Crippen LogP) is 4.26. The molecule has 0 bridgehead atoms. The van der Waals surface area contributed by atoms with Gasteiger partial charge >= 0.3 is 0 Å². The van der Waals surface area contributed by atoms with E-state index in [1.54, 1.807) is 14.2 Å². The van der Waals surface area contributed by atoms with E-state index in [4.69, 9.17) is 26.1 Å². The summed E-state index contributed by atoms with van der Waals surface area (Å²) in [5.74, 6) is 1.64. The zero-order valence-electron chi connectivity index (χ0n) is 16.2. The summed E-state index contributed by atoms with van der Waals surface area (Å²) in [5, 5.41) is 4.22. The van der Waals surface area contributed by atoms with E-state index in [1.165, 1.54) is 11.8 Å². The zero-order valence-corrected chi connectivity index (χ0v) is 17.8. The van der Waals surface area contributed by atoms with E-state index in [9.17, 15) is 4.79 Å². The molecule has 0 spiro atoms. The Hall–Kier alpha value is -2.48. The Morgan fingerprint density at radius 2 is 1.97 bits per heavy atom. The van der Waals surface area contributed by atoms with Crippen LogP contribution in [0.3, 0.4) is 0 Å². The monoisotopic (exact) mass is 431 g/mol. The Morgan fingerprint density at radius 3 is 2.69 bits per heavy atom. The number of thioether (sulfide) groups is 1. The highest BCUT2D eigenvalue weighted by atomic mass is 35.5. The number of nitrogens with one attached hydrogen (secondary N) is 2. The highest BCUT2D eigenvalue weighted by Crippen LogP contribution is 2.33. The molecule has 29 heavy (non-hydrogen) atoms. The molecule has 152 valence electrons. The highest BCUT2D eigenvalue weighted by molar-refractivity contribution is 8.00. The molecular formula is C21H22ClN3O3S. The Morgan fingerprint density at radius 1 is 1.17 bits per heavy atom. The number of halogens is 1. The van der Waals surface area contributed by atoms with Crippen LogP contribution in [-0.2, 0) is 9.53 Å². The number of amides is 1. The zero-order chi connectivity index (χ0) is 20.6. The van der Waals surface area contributed by atoms with Crippen molar-refractivity contribution in [3.63, 3.8) is 0 Å². The number of H-pyrrole nitrogens is 1. The van der Waals surface area contributed by atoms with Crippen LogP contribution in [0.25, 0.3) is 22.6 Å². The van der Waals surface area contributed by atoms with E-state index >= 15 is 0 Å². The molecule has 1 heterocycles. The molecule has 0 aliphatic rings. The van der Waals surface area contributed by atoms with Crippen molar-refractivity contribution in [2.75, 3.05) is 33.1 Å². The summed E-state index contributed by atoms with van der Waals surface area (Å²) in [4.78, 5) is 20.2. The number of carbonyl (C=O) groups is 1. The van der Waals surface area contributed by atoms with Gasteiger partial charge in [-0.3, -0.25) is 4.79 Å². The quantitative estimate of drug-likeness (QED) is 0.391. The van der Waals surface area contributed by atoms with E-state index in [0.29, 0.717) is 24.0 Å². The van der Waals surface area contributed by atoms with Crippen LogP contribution in [0.5, 0.6) is 5.75 Å². The van der Waals surface area contributed by atoms with E-state index in [-0.39, 0.29) is 11.7 Å². The summed E-state index contributed by atoms with van der Waals surface area (Å²) < 4.78 is 10.3. The number of hydrogen-bond donors (Lipinski definition) is 2.